The second-order valence-electron chi connectivity index (χ2n) is 13.0. The predicted octanol–water partition coefficient (Wildman–Crippen LogP) is -2.01. The number of fused-ring (bicyclic) bond motifs is 2. The molecule has 0 radical (unpaired) electrons. The van der Waals surface area contributed by atoms with Crippen molar-refractivity contribution >= 4 is 0 Å². The van der Waals surface area contributed by atoms with Crippen molar-refractivity contribution in [2.75, 3.05) is 13.2 Å². The SMILES string of the molecule is C=C1[C@@H]2CC[C@H]3[C@@]45CO[C@](O)([C@@H](O)[C@@H]4C(C)(C)CC[C@@H]5O[C@@H]4O[C@H](CO)[C@@H](O)[C@H](O)[C@H]4O)[C@]3([C@@H]2O)[C@H]1O. The highest BCUT2D eigenvalue weighted by molar-refractivity contribution is 5.38. The lowest BCUT2D eigenvalue weighted by molar-refractivity contribution is -0.482. The molecule has 3 saturated heterocycles. The van der Waals surface area contributed by atoms with E-state index in [1.54, 1.807) is 0 Å². The molecule has 4 aliphatic carbocycles. The van der Waals surface area contributed by atoms with Crippen LogP contribution >= 0.6 is 0 Å². The number of aliphatic hydroxyl groups is 8. The van der Waals surface area contributed by atoms with Crippen molar-refractivity contribution in [1.82, 2.24) is 0 Å². The summed E-state index contributed by atoms with van der Waals surface area (Å²) in [7, 11) is 0. The quantitative estimate of drug-likeness (QED) is 0.189. The molecule has 7 aliphatic rings. The second-order valence-corrected chi connectivity index (χ2v) is 13.0. The van der Waals surface area contributed by atoms with E-state index < -0.39 is 102 Å². The van der Waals surface area contributed by atoms with Gasteiger partial charge in [-0.3, -0.25) is 0 Å². The first-order chi connectivity index (χ1) is 17.3. The summed E-state index contributed by atoms with van der Waals surface area (Å²) in [6.07, 6.45) is -9.86. The number of aliphatic hydroxyl groups excluding tert-OH is 7. The Labute approximate surface area is 215 Å². The first-order valence-corrected chi connectivity index (χ1v) is 13.4. The Bertz CT molecular complexity index is 957. The van der Waals surface area contributed by atoms with Crippen molar-refractivity contribution in [2.45, 2.75) is 100 Å². The zero-order valence-electron chi connectivity index (χ0n) is 21.2. The monoisotopic (exact) mass is 528 g/mol. The summed E-state index contributed by atoms with van der Waals surface area (Å²) in [5.41, 5.74) is -2.68. The van der Waals surface area contributed by atoms with Gasteiger partial charge in [-0.25, -0.2) is 0 Å². The third-order valence-electron chi connectivity index (χ3n) is 11.2. The molecular weight excluding hydrogens is 488 g/mol. The van der Waals surface area contributed by atoms with E-state index >= 15 is 0 Å². The first kappa shape index (κ1) is 26.5. The van der Waals surface area contributed by atoms with Crippen molar-refractivity contribution < 1.29 is 55.1 Å². The summed E-state index contributed by atoms with van der Waals surface area (Å²) in [5, 5.41) is 87.9. The van der Waals surface area contributed by atoms with E-state index in [1.165, 1.54) is 0 Å². The second kappa shape index (κ2) is 8.17. The Morgan fingerprint density at radius 3 is 2.35 bits per heavy atom. The van der Waals surface area contributed by atoms with E-state index in [1.807, 2.05) is 13.8 Å². The van der Waals surface area contributed by atoms with Crippen molar-refractivity contribution in [2.24, 2.45) is 34.0 Å². The van der Waals surface area contributed by atoms with Gasteiger partial charge in [0.25, 0.3) is 0 Å². The van der Waals surface area contributed by atoms with Crippen LogP contribution in [0.3, 0.4) is 0 Å². The van der Waals surface area contributed by atoms with Gasteiger partial charge in [0.1, 0.15) is 30.5 Å². The predicted molar refractivity (Wildman–Crippen MR) is 124 cm³/mol. The lowest BCUT2D eigenvalue weighted by Crippen LogP contribution is -2.86. The molecule has 37 heavy (non-hydrogen) atoms. The highest BCUT2D eigenvalue weighted by Gasteiger charge is 2.86. The minimum Gasteiger partial charge on any atom is -0.394 e. The average Bonchev–Trinajstić information content (AvgIpc) is 2.95. The first-order valence-electron chi connectivity index (χ1n) is 13.4. The lowest BCUT2D eigenvalue weighted by Gasteiger charge is -2.76. The summed E-state index contributed by atoms with van der Waals surface area (Å²) in [5.74, 6) is -3.73. The van der Waals surface area contributed by atoms with Crippen LogP contribution in [0.1, 0.15) is 39.5 Å². The Morgan fingerprint density at radius 1 is 0.973 bits per heavy atom. The number of hydrogen-bond donors (Lipinski definition) is 8. The van der Waals surface area contributed by atoms with E-state index in [-0.39, 0.29) is 6.61 Å². The molecule has 11 nitrogen and oxygen atoms in total. The van der Waals surface area contributed by atoms with Crippen LogP contribution in [0.4, 0.5) is 0 Å². The summed E-state index contributed by atoms with van der Waals surface area (Å²) >= 11 is 0. The summed E-state index contributed by atoms with van der Waals surface area (Å²) < 4.78 is 18.1. The molecule has 4 saturated carbocycles. The molecule has 3 heterocycles. The Morgan fingerprint density at radius 2 is 1.68 bits per heavy atom. The minimum atomic E-state index is -2.21. The van der Waals surface area contributed by atoms with Crippen LogP contribution in [0.15, 0.2) is 12.2 Å². The van der Waals surface area contributed by atoms with Crippen LogP contribution in [0.2, 0.25) is 0 Å². The molecule has 0 aromatic heterocycles. The molecule has 0 aromatic rings. The van der Waals surface area contributed by atoms with E-state index in [2.05, 4.69) is 6.58 Å². The standard InChI is InChI=1S/C26H40O11/c1-10-11-4-5-13-24-9-35-26(34,25(13,19(10)31)20(11)32)21(33)18(24)23(2,3)7-6-14(24)37-22-17(30)16(29)15(28)12(8-27)36-22/h11-22,27-34H,1,4-9H2,2-3H3/t11-,12+,13-,14-,15+,16-,17+,18+,19-,20+,21-,22-,24+,25-,26+/m0/s1. The smallest absolute Gasteiger partial charge is 0.203 e. The normalized spacial score (nSPS) is 60.2. The molecule has 0 aromatic carbocycles. The van der Waals surface area contributed by atoms with E-state index in [0.29, 0.717) is 31.3 Å². The molecule has 0 amide bonds. The van der Waals surface area contributed by atoms with E-state index in [4.69, 9.17) is 14.2 Å². The molecular formula is C26H40O11. The Hall–Kier alpha value is -0.700. The average molecular weight is 529 g/mol. The summed E-state index contributed by atoms with van der Waals surface area (Å²) in [4.78, 5) is 0. The van der Waals surface area contributed by atoms with Crippen LogP contribution in [-0.4, -0.2) is 115 Å². The largest absolute Gasteiger partial charge is 0.394 e. The maximum Gasteiger partial charge on any atom is 0.203 e. The van der Waals surface area contributed by atoms with Crippen LogP contribution < -0.4 is 0 Å². The molecule has 0 unspecified atom stereocenters. The van der Waals surface area contributed by atoms with Gasteiger partial charge in [-0.15, -0.1) is 0 Å². The fourth-order valence-electron chi connectivity index (χ4n) is 9.67. The van der Waals surface area contributed by atoms with Crippen molar-refractivity contribution in [1.29, 1.82) is 0 Å². The van der Waals surface area contributed by atoms with Gasteiger partial charge in [-0.1, -0.05) is 20.4 Å². The van der Waals surface area contributed by atoms with Gasteiger partial charge >= 0.3 is 0 Å². The van der Waals surface area contributed by atoms with Gasteiger partial charge in [0.05, 0.1) is 36.9 Å². The Kier molecular flexibility index (Phi) is 5.86. The van der Waals surface area contributed by atoms with E-state index in [9.17, 15) is 40.9 Å². The third-order valence-corrected chi connectivity index (χ3v) is 11.2. The van der Waals surface area contributed by atoms with Gasteiger partial charge in [-0.05, 0) is 42.6 Å². The van der Waals surface area contributed by atoms with Crippen molar-refractivity contribution in [3.63, 3.8) is 0 Å². The van der Waals surface area contributed by atoms with Gasteiger partial charge < -0.3 is 55.1 Å². The van der Waals surface area contributed by atoms with Crippen molar-refractivity contribution in [3.05, 3.63) is 12.2 Å². The summed E-state index contributed by atoms with van der Waals surface area (Å²) in [6, 6.07) is 0. The third kappa shape index (κ3) is 2.89. The van der Waals surface area contributed by atoms with Crippen LogP contribution in [0, 0.1) is 34.0 Å². The number of ether oxygens (including phenoxy) is 3. The summed E-state index contributed by atoms with van der Waals surface area (Å²) in [6.45, 7) is 7.43. The molecule has 7 rings (SSSR count). The van der Waals surface area contributed by atoms with Gasteiger partial charge in [0, 0.05) is 17.3 Å². The lowest BCUT2D eigenvalue weighted by atomic mass is 9.35. The highest BCUT2D eigenvalue weighted by atomic mass is 16.7. The molecule has 11 heteroatoms. The molecule has 8 N–H and O–H groups in total. The van der Waals surface area contributed by atoms with Gasteiger partial charge in [0.2, 0.25) is 5.79 Å². The fourth-order valence-corrected chi connectivity index (χ4v) is 9.67. The zero-order valence-corrected chi connectivity index (χ0v) is 21.2. The molecule has 7 fully saturated rings. The van der Waals surface area contributed by atoms with Crippen LogP contribution in [-0.2, 0) is 14.2 Å². The van der Waals surface area contributed by atoms with E-state index in [0.717, 1.165) is 0 Å². The highest BCUT2D eigenvalue weighted by Crippen LogP contribution is 2.77. The molecule has 3 aliphatic heterocycles. The van der Waals surface area contributed by atoms with Gasteiger partial charge in [0.15, 0.2) is 6.29 Å². The zero-order chi connectivity index (χ0) is 26.9. The van der Waals surface area contributed by atoms with Crippen LogP contribution in [0.25, 0.3) is 0 Å². The molecule has 4 bridgehead atoms. The molecule has 210 valence electrons. The van der Waals surface area contributed by atoms with Crippen molar-refractivity contribution in [3.8, 4) is 0 Å². The minimum absolute atomic E-state index is 0.0141. The molecule has 15 atom stereocenters. The van der Waals surface area contributed by atoms with Gasteiger partial charge in [-0.2, -0.15) is 0 Å². The molecule has 2 spiro atoms. The number of rotatable bonds is 3. The fraction of sp³-hybridized carbons (Fsp3) is 0.923. The maximum atomic E-state index is 12.0. The Balaban J connectivity index is 1.47. The topological polar surface area (TPSA) is 190 Å². The van der Waals surface area contributed by atoms with Crippen LogP contribution in [0.5, 0.6) is 0 Å². The number of hydrogen-bond acceptors (Lipinski definition) is 11. The maximum absolute atomic E-state index is 12.0.